The van der Waals surface area contributed by atoms with Crippen LogP contribution in [0.15, 0.2) is 16.7 Å². The largest absolute Gasteiger partial charge is 0.481 e. The maximum absolute atomic E-state index is 13.0. The average molecular weight is 248 g/mol. The van der Waals surface area contributed by atoms with Gasteiger partial charge in [-0.2, -0.15) is 0 Å². The van der Waals surface area contributed by atoms with E-state index in [0.717, 1.165) is 0 Å². The van der Waals surface area contributed by atoms with Crippen molar-refractivity contribution in [1.29, 1.82) is 0 Å². The van der Waals surface area contributed by atoms with Gasteiger partial charge in [-0.3, -0.25) is 9.78 Å². The molecule has 0 bridgehead atoms. The van der Waals surface area contributed by atoms with E-state index >= 15 is 0 Å². The maximum Gasteiger partial charge on any atom is 0.303 e. The van der Waals surface area contributed by atoms with Crippen molar-refractivity contribution in [3.63, 3.8) is 0 Å². The van der Waals surface area contributed by atoms with E-state index in [9.17, 15) is 9.18 Å². The smallest absolute Gasteiger partial charge is 0.303 e. The van der Waals surface area contributed by atoms with Crippen molar-refractivity contribution in [3.8, 4) is 0 Å². The molecular weight excluding hydrogens is 241 g/mol. The Balaban J connectivity index is 2.72. The first kappa shape index (κ1) is 10.1. The van der Waals surface area contributed by atoms with Crippen molar-refractivity contribution in [2.45, 2.75) is 12.8 Å². The maximum atomic E-state index is 13.0. The summed E-state index contributed by atoms with van der Waals surface area (Å²) in [6.45, 7) is 0. The van der Waals surface area contributed by atoms with Gasteiger partial charge in [0.1, 0.15) is 5.82 Å². The second-order valence-corrected chi connectivity index (χ2v) is 3.39. The van der Waals surface area contributed by atoms with Gasteiger partial charge in [-0.05, 0) is 22.0 Å². The Labute approximate surface area is 82.7 Å². The van der Waals surface area contributed by atoms with Crippen molar-refractivity contribution in [1.82, 2.24) is 4.98 Å². The normalized spacial score (nSPS) is 10.0. The summed E-state index contributed by atoms with van der Waals surface area (Å²) >= 11 is 3.06. The molecule has 0 unspecified atom stereocenters. The van der Waals surface area contributed by atoms with E-state index in [1.54, 1.807) is 0 Å². The highest BCUT2D eigenvalue weighted by Crippen LogP contribution is 2.13. The Morgan fingerprint density at radius 2 is 2.38 bits per heavy atom. The fraction of sp³-hybridized carbons (Fsp3) is 0.250. The van der Waals surface area contributed by atoms with Crippen LogP contribution in [0, 0.1) is 5.82 Å². The number of halogens is 2. The molecule has 0 atom stereocenters. The van der Waals surface area contributed by atoms with Crippen molar-refractivity contribution in [2.24, 2.45) is 0 Å². The number of aliphatic carboxylic acids is 1. The standard InChI is InChI=1S/C8H7BrFNO2/c9-5-3-6(10)7(11-4-5)1-2-8(12)13/h3-4H,1-2H2,(H,12,13). The molecule has 5 heteroatoms. The summed E-state index contributed by atoms with van der Waals surface area (Å²) in [5.74, 6) is -1.43. The van der Waals surface area contributed by atoms with Crippen molar-refractivity contribution in [3.05, 3.63) is 28.2 Å². The van der Waals surface area contributed by atoms with Gasteiger partial charge >= 0.3 is 5.97 Å². The van der Waals surface area contributed by atoms with Crippen LogP contribution in [0.5, 0.6) is 0 Å². The lowest BCUT2D eigenvalue weighted by Gasteiger charge is -1.99. The fourth-order valence-corrected chi connectivity index (χ4v) is 1.16. The number of aryl methyl sites for hydroxylation is 1. The molecular formula is C8H7BrFNO2. The molecule has 0 radical (unpaired) electrons. The van der Waals surface area contributed by atoms with E-state index < -0.39 is 11.8 Å². The third-order valence-corrected chi connectivity index (χ3v) is 1.89. The zero-order valence-corrected chi connectivity index (χ0v) is 8.21. The van der Waals surface area contributed by atoms with E-state index in [4.69, 9.17) is 5.11 Å². The van der Waals surface area contributed by atoms with E-state index in [1.807, 2.05) is 0 Å². The highest BCUT2D eigenvalue weighted by atomic mass is 79.9. The van der Waals surface area contributed by atoms with Crippen LogP contribution in [0.1, 0.15) is 12.1 Å². The summed E-state index contributed by atoms with van der Waals surface area (Å²) in [5, 5.41) is 8.36. The highest BCUT2D eigenvalue weighted by Gasteiger charge is 2.06. The number of hydrogen-bond acceptors (Lipinski definition) is 2. The first-order chi connectivity index (χ1) is 6.09. The van der Waals surface area contributed by atoms with Gasteiger partial charge in [-0.1, -0.05) is 0 Å². The topological polar surface area (TPSA) is 50.2 Å². The quantitative estimate of drug-likeness (QED) is 0.889. The van der Waals surface area contributed by atoms with Gasteiger partial charge in [0.2, 0.25) is 0 Å². The molecule has 0 aliphatic carbocycles. The lowest BCUT2D eigenvalue weighted by Crippen LogP contribution is -2.01. The van der Waals surface area contributed by atoms with E-state index in [-0.39, 0.29) is 18.5 Å². The zero-order valence-electron chi connectivity index (χ0n) is 6.63. The number of carbonyl (C=O) groups is 1. The fourth-order valence-electron chi connectivity index (χ4n) is 0.852. The van der Waals surface area contributed by atoms with Crippen molar-refractivity contribution >= 4 is 21.9 Å². The number of carboxylic acid groups (broad SMARTS) is 1. The second kappa shape index (κ2) is 4.32. The zero-order chi connectivity index (χ0) is 9.84. The van der Waals surface area contributed by atoms with Gasteiger partial charge in [-0.15, -0.1) is 0 Å². The Morgan fingerprint density at radius 1 is 1.69 bits per heavy atom. The molecule has 0 amide bonds. The molecule has 1 rings (SSSR count). The van der Waals surface area contributed by atoms with Gasteiger partial charge < -0.3 is 5.11 Å². The van der Waals surface area contributed by atoms with Crippen LogP contribution < -0.4 is 0 Å². The van der Waals surface area contributed by atoms with Crippen LogP contribution in [0.4, 0.5) is 4.39 Å². The number of carboxylic acids is 1. The summed E-state index contributed by atoms with van der Waals surface area (Å²) in [7, 11) is 0. The van der Waals surface area contributed by atoms with Gasteiger partial charge in [0.25, 0.3) is 0 Å². The summed E-state index contributed by atoms with van der Waals surface area (Å²) in [6.07, 6.45) is 1.46. The highest BCUT2D eigenvalue weighted by molar-refractivity contribution is 9.10. The predicted molar refractivity (Wildman–Crippen MR) is 47.9 cm³/mol. The average Bonchev–Trinajstić information content (AvgIpc) is 2.02. The third kappa shape index (κ3) is 3.10. The summed E-state index contributed by atoms with van der Waals surface area (Å²) in [5.41, 5.74) is 0.186. The molecule has 0 aromatic carbocycles. The Kier molecular flexibility index (Phi) is 3.36. The number of pyridine rings is 1. The number of hydrogen-bond donors (Lipinski definition) is 1. The lowest BCUT2D eigenvalue weighted by atomic mass is 10.2. The van der Waals surface area contributed by atoms with E-state index in [1.165, 1.54) is 12.3 Å². The van der Waals surface area contributed by atoms with Crippen LogP contribution in [-0.2, 0) is 11.2 Å². The number of nitrogens with zero attached hydrogens (tertiary/aromatic N) is 1. The summed E-state index contributed by atoms with van der Waals surface area (Å²) in [4.78, 5) is 14.0. The molecule has 1 aromatic rings. The molecule has 3 nitrogen and oxygen atoms in total. The van der Waals surface area contributed by atoms with Crippen LogP contribution in [0.2, 0.25) is 0 Å². The molecule has 0 spiro atoms. The molecule has 13 heavy (non-hydrogen) atoms. The molecule has 1 heterocycles. The SMILES string of the molecule is O=C(O)CCc1ncc(Br)cc1F. The van der Waals surface area contributed by atoms with Gasteiger partial charge in [0, 0.05) is 17.1 Å². The summed E-state index contributed by atoms with van der Waals surface area (Å²) in [6, 6.07) is 1.27. The Bertz CT molecular complexity index is 330. The Morgan fingerprint density at radius 3 is 2.92 bits per heavy atom. The second-order valence-electron chi connectivity index (χ2n) is 2.48. The minimum Gasteiger partial charge on any atom is -0.481 e. The molecule has 70 valence electrons. The van der Waals surface area contributed by atoms with E-state index in [0.29, 0.717) is 4.47 Å². The molecule has 0 saturated heterocycles. The molecule has 1 N–H and O–H groups in total. The van der Waals surface area contributed by atoms with Crippen molar-refractivity contribution in [2.75, 3.05) is 0 Å². The number of aromatic nitrogens is 1. The lowest BCUT2D eigenvalue weighted by molar-refractivity contribution is -0.136. The molecule has 1 aromatic heterocycles. The molecule has 0 aliphatic rings. The molecule has 0 fully saturated rings. The van der Waals surface area contributed by atoms with Gasteiger partial charge in [-0.25, -0.2) is 4.39 Å². The molecule has 0 saturated carbocycles. The van der Waals surface area contributed by atoms with E-state index in [2.05, 4.69) is 20.9 Å². The minimum absolute atomic E-state index is 0.106. The minimum atomic E-state index is -0.955. The molecule has 0 aliphatic heterocycles. The number of rotatable bonds is 3. The first-order valence-corrected chi connectivity index (χ1v) is 4.40. The first-order valence-electron chi connectivity index (χ1n) is 3.61. The summed E-state index contributed by atoms with van der Waals surface area (Å²) < 4.78 is 13.6. The van der Waals surface area contributed by atoms with Crippen LogP contribution >= 0.6 is 15.9 Å². The third-order valence-electron chi connectivity index (χ3n) is 1.46. The van der Waals surface area contributed by atoms with Crippen molar-refractivity contribution < 1.29 is 14.3 Å². The predicted octanol–water partition coefficient (Wildman–Crippen LogP) is 2.00. The van der Waals surface area contributed by atoms with Gasteiger partial charge in [0.15, 0.2) is 0 Å². The van der Waals surface area contributed by atoms with Crippen LogP contribution in [0.3, 0.4) is 0 Å². The Hall–Kier alpha value is -0.970. The van der Waals surface area contributed by atoms with Crippen LogP contribution in [-0.4, -0.2) is 16.1 Å². The van der Waals surface area contributed by atoms with Crippen LogP contribution in [0.25, 0.3) is 0 Å². The monoisotopic (exact) mass is 247 g/mol. The van der Waals surface area contributed by atoms with Gasteiger partial charge in [0.05, 0.1) is 12.1 Å².